The van der Waals surface area contributed by atoms with Crippen LogP contribution in [0.3, 0.4) is 0 Å². The Morgan fingerprint density at radius 1 is 1.46 bits per heavy atom. The van der Waals surface area contributed by atoms with Crippen LogP contribution < -0.4 is 0 Å². The Morgan fingerprint density at radius 3 is 2.31 bits per heavy atom. The summed E-state index contributed by atoms with van der Waals surface area (Å²) in [5.74, 6) is 0.378. The summed E-state index contributed by atoms with van der Waals surface area (Å²) < 4.78 is 0. The zero-order valence-electron chi connectivity index (χ0n) is 7.73. The van der Waals surface area contributed by atoms with Crippen molar-refractivity contribution in [2.75, 3.05) is 5.88 Å². The fraction of sp³-hybridized carbons (Fsp3) is 0.600. The first-order valence-corrected chi connectivity index (χ1v) is 4.83. The monoisotopic (exact) mass is 200 g/mol. The van der Waals surface area contributed by atoms with Gasteiger partial charge in [-0.05, 0) is 13.3 Å². The maximum atomic E-state index is 11.5. The summed E-state index contributed by atoms with van der Waals surface area (Å²) in [5, 5.41) is 0. The van der Waals surface area contributed by atoms with Crippen molar-refractivity contribution in [3.8, 4) is 0 Å². The van der Waals surface area contributed by atoms with E-state index < -0.39 is 5.41 Å². The average Bonchev–Trinajstić information content (AvgIpc) is 2.33. The Bertz CT molecular complexity index is 252. The van der Waals surface area contributed by atoms with Crippen molar-refractivity contribution in [2.24, 2.45) is 5.41 Å². The number of ketones is 2. The van der Waals surface area contributed by atoms with Crippen molar-refractivity contribution < 1.29 is 9.59 Å². The van der Waals surface area contributed by atoms with Gasteiger partial charge in [0.2, 0.25) is 0 Å². The van der Waals surface area contributed by atoms with Gasteiger partial charge in [0.05, 0.1) is 5.41 Å². The smallest absolute Gasteiger partial charge is 0.146 e. The topological polar surface area (TPSA) is 34.1 Å². The van der Waals surface area contributed by atoms with E-state index in [0.717, 1.165) is 5.57 Å². The average molecular weight is 201 g/mol. The van der Waals surface area contributed by atoms with E-state index in [1.165, 1.54) is 0 Å². The molecule has 0 aromatic heterocycles. The fourth-order valence-corrected chi connectivity index (χ4v) is 1.77. The second kappa shape index (κ2) is 3.62. The highest BCUT2D eigenvalue weighted by molar-refractivity contribution is 6.19. The van der Waals surface area contributed by atoms with Gasteiger partial charge in [0.15, 0.2) is 0 Å². The van der Waals surface area contributed by atoms with E-state index in [4.69, 9.17) is 11.6 Å². The molecule has 72 valence electrons. The molecule has 0 aromatic carbocycles. The van der Waals surface area contributed by atoms with Crippen LogP contribution in [0.5, 0.6) is 0 Å². The lowest BCUT2D eigenvalue weighted by molar-refractivity contribution is -0.133. The fourth-order valence-electron chi connectivity index (χ4n) is 1.68. The van der Waals surface area contributed by atoms with Gasteiger partial charge in [-0.3, -0.25) is 9.59 Å². The lowest BCUT2D eigenvalue weighted by Crippen LogP contribution is -2.29. The predicted molar refractivity (Wildman–Crippen MR) is 51.8 cm³/mol. The van der Waals surface area contributed by atoms with Crippen LogP contribution in [0.4, 0.5) is 0 Å². The SMILES string of the molecule is C=C(CCl)CC1(C)C(=O)CCC1=O. The van der Waals surface area contributed by atoms with E-state index in [0.29, 0.717) is 25.1 Å². The third kappa shape index (κ3) is 1.83. The Kier molecular flexibility index (Phi) is 2.91. The van der Waals surface area contributed by atoms with E-state index in [1.807, 2.05) is 0 Å². The normalized spacial score (nSPS) is 20.8. The molecule has 2 nitrogen and oxygen atoms in total. The summed E-state index contributed by atoms with van der Waals surface area (Å²) in [6.07, 6.45) is 1.17. The van der Waals surface area contributed by atoms with Gasteiger partial charge < -0.3 is 0 Å². The van der Waals surface area contributed by atoms with E-state index in [-0.39, 0.29) is 11.6 Å². The summed E-state index contributed by atoms with van der Waals surface area (Å²) in [6, 6.07) is 0. The van der Waals surface area contributed by atoms with Crippen molar-refractivity contribution in [3.05, 3.63) is 12.2 Å². The molecule has 1 aliphatic carbocycles. The number of Topliss-reactive ketones (excluding diaryl/α,β-unsaturated/α-hetero) is 2. The van der Waals surface area contributed by atoms with Crippen molar-refractivity contribution >= 4 is 23.2 Å². The largest absolute Gasteiger partial charge is 0.299 e. The van der Waals surface area contributed by atoms with Gasteiger partial charge in [0, 0.05) is 18.7 Å². The van der Waals surface area contributed by atoms with Gasteiger partial charge in [0.1, 0.15) is 11.6 Å². The van der Waals surface area contributed by atoms with Gasteiger partial charge in [-0.25, -0.2) is 0 Å². The molecule has 0 aliphatic heterocycles. The highest BCUT2D eigenvalue weighted by atomic mass is 35.5. The van der Waals surface area contributed by atoms with Gasteiger partial charge >= 0.3 is 0 Å². The summed E-state index contributed by atoms with van der Waals surface area (Å²) >= 11 is 5.57. The van der Waals surface area contributed by atoms with Gasteiger partial charge in [0.25, 0.3) is 0 Å². The molecule has 3 heteroatoms. The molecule has 0 radical (unpaired) electrons. The minimum absolute atomic E-state index is 0.0313. The van der Waals surface area contributed by atoms with Crippen molar-refractivity contribution in [1.82, 2.24) is 0 Å². The molecule has 0 N–H and O–H groups in total. The van der Waals surface area contributed by atoms with Crippen LogP contribution in [0.1, 0.15) is 26.2 Å². The summed E-state index contributed by atoms with van der Waals surface area (Å²) in [4.78, 5) is 22.9. The highest BCUT2D eigenvalue weighted by Gasteiger charge is 2.44. The third-order valence-electron chi connectivity index (χ3n) is 2.60. The molecule has 0 saturated heterocycles. The van der Waals surface area contributed by atoms with E-state index >= 15 is 0 Å². The van der Waals surface area contributed by atoms with Gasteiger partial charge in [-0.15, -0.1) is 11.6 Å². The second-order valence-corrected chi connectivity index (χ2v) is 4.01. The number of alkyl halides is 1. The van der Waals surface area contributed by atoms with E-state index in [2.05, 4.69) is 6.58 Å². The number of halogens is 1. The quantitative estimate of drug-likeness (QED) is 0.397. The summed E-state index contributed by atoms with van der Waals surface area (Å²) in [5.41, 5.74) is -0.0702. The van der Waals surface area contributed by atoms with Crippen LogP contribution in [0.15, 0.2) is 12.2 Å². The van der Waals surface area contributed by atoms with E-state index in [9.17, 15) is 9.59 Å². The maximum absolute atomic E-state index is 11.5. The molecular weight excluding hydrogens is 188 g/mol. The molecule has 0 aromatic rings. The molecule has 0 unspecified atom stereocenters. The predicted octanol–water partition coefficient (Wildman–Crippen LogP) is 2.11. The van der Waals surface area contributed by atoms with E-state index in [1.54, 1.807) is 6.92 Å². The van der Waals surface area contributed by atoms with Crippen molar-refractivity contribution in [1.29, 1.82) is 0 Å². The standard InChI is InChI=1S/C10H13ClO2/c1-7(6-11)5-10(2)8(12)3-4-9(10)13/h1,3-6H2,2H3. The third-order valence-corrected chi connectivity index (χ3v) is 2.98. The first-order chi connectivity index (χ1) is 6.00. The van der Waals surface area contributed by atoms with Crippen LogP contribution in [0, 0.1) is 5.41 Å². The molecule has 0 amide bonds. The Balaban J connectivity index is 2.79. The lowest BCUT2D eigenvalue weighted by Gasteiger charge is -2.20. The van der Waals surface area contributed by atoms with Crippen molar-refractivity contribution in [2.45, 2.75) is 26.2 Å². The molecule has 13 heavy (non-hydrogen) atoms. The molecule has 0 spiro atoms. The number of carbonyl (C=O) groups is 2. The Morgan fingerprint density at radius 2 is 1.92 bits per heavy atom. The minimum Gasteiger partial charge on any atom is -0.299 e. The molecule has 1 rings (SSSR count). The molecule has 0 atom stereocenters. The van der Waals surface area contributed by atoms with Gasteiger partial charge in [-0.2, -0.15) is 0 Å². The summed E-state index contributed by atoms with van der Waals surface area (Å²) in [7, 11) is 0. The number of hydrogen-bond acceptors (Lipinski definition) is 2. The second-order valence-electron chi connectivity index (χ2n) is 3.74. The lowest BCUT2D eigenvalue weighted by atomic mass is 9.81. The number of hydrogen-bond donors (Lipinski definition) is 0. The van der Waals surface area contributed by atoms with Gasteiger partial charge in [-0.1, -0.05) is 12.2 Å². The molecule has 1 aliphatic rings. The molecule has 1 fully saturated rings. The maximum Gasteiger partial charge on any atom is 0.146 e. The van der Waals surface area contributed by atoms with Crippen LogP contribution >= 0.6 is 11.6 Å². The summed E-state index contributed by atoms with van der Waals surface area (Å²) in [6.45, 7) is 5.41. The molecule has 1 saturated carbocycles. The zero-order chi connectivity index (χ0) is 10.1. The molecular formula is C10H13ClO2. The zero-order valence-corrected chi connectivity index (χ0v) is 8.49. The van der Waals surface area contributed by atoms with Crippen LogP contribution in [-0.2, 0) is 9.59 Å². The van der Waals surface area contributed by atoms with Crippen molar-refractivity contribution in [3.63, 3.8) is 0 Å². The minimum atomic E-state index is -0.827. The first-order valence-electron chi connectivity index (χ1n) is 4.30. The molecule has 0 heterocycles. The Labute approximate surface area is 83.0 Å². The number of rotatable bonds is 3. The van der Waals surface area contributed by atoms with Crippen LogP contribution in [-0.4, -0.2) is 17.4 Å². The number of allylic oxidation sites excluding steroid dienone is 1. The van der Waals surface area contributed by atoms with Crippen LogP contribution in [0.25, 0.3) is 0 Å². The highest BCUT2D eigenvalue weighted by Crippen LogP contribution is 2.36. The molecule has 0 bridgehead atoms. The Hall–Kier alpha value is -0.630. The van der Waals surface area contributed by atoms with Crippen LogP contribution in [0.2, 0.25) is 0 Å². The first kappa shape index (κ1) is 10.5. The number of carbonyl (C=O) groups excluding carboxylic acids is 2.